The first-order valence-corrected chi connectivity index (χ1v) is 9.10. The molecular weight excluding hydrogens is 356 g/mol. The van der Waals surface area contributed by atoms with Gasteiger partial charge in [0.2, 0.25) is 5.91 Å². The first-order valence-electron chi connectivity index (χ1n) is 9.10. The lowest BCUT2D eigenvalue weighted by Gasteiger charge is -2.35. The Morgan fingerprint density at radius 2 is 1.85 bits per heavy atom. The molecular formula is C19H23F2N3O3. The van der Waals surface area contributed by atoms with Crippen LogP contribution in [-0.2, 0) is 9.59 Å². The molecule has 1 aromatic carbocycles. The molecule has 0 bridgehead atoms. The van der Waals surface area contributed by atoms with Crippen molar-refractivity contribution < 1.29 is 23.2 Å². The third-order valence-electron chi connectivity index (χ3n) is 5.61. The van der Waals surface area contributed by atoms with Gasteiger partial charge in [0.05, 0.1) is 6.04 Å². The van der Waals surface area contributed by atoms with Crippen LogP contribution >= 0.6 is 0 Å². The minimum atomic E-state index is -1.00. The third kappa shape index (κ3) is 3.40. The largest absolute Gasteiger partial charge is 0.348 e. The number of urea groups is 1. The zero-order valence-corrected chi connectivity index (χ0v) is 15.4. The van der Waals surface area contributed by atoms with E-state index in [1.54, 1.807) is 14.0 Å². The Balaban J connectivity index is 1.67. The summed E-state index contributed by atoms with van der Waals surface area (Å²) >= 11 is 0. The molecule has 2 fully saturated rings. The molecule has 1 spiro atoms. The smallest absolute Gasteiger partial charge is 0.327 e. The van der Waals surface area contributed by atoms with Crippen LogP contribution in [0.1, 0.15) is 50.6 Å². The second-order valence-electron chi connectivity index (χ2n) is 7.29. The van der Waals surface area contributed by atoms with Crippen molar-refractivity contribution in [2.24, 2.45) is 0 Å². The van der Waals surface area contributed by atoms with Gasteiger partial charge in [-0.3, -0.25) is 14.5 Å². The van der Waals surface area contributed by atoms with Gasteiger partial charge in [0.1, 0.15) is 12.1 Å². The maximum Gasteiger partial charge on any atom is 0.327 e. The topological polar surface area (TPSA) is 69.7 Å². The summed E-state index contributed by atoms with van der Waals surface area (Å²) in [5.74, 6) is -2.83. The quantitative estimate of drug-likeness (QED) is 0.818. The number of amides is 4. The molecule has 1 N–H and O–H groups in total. The Bertz CT molecular complexity index is 777. The molecule has 1 aliphatic heterocycles. The van der Waals surface area contributed by atoms with E-state index >= 15 is 0 Å². The van der Waals surface area contributed by atoms with Crippen molar-refractivity contribution in [1.29, 1.82) is 0 Å². The third-order valence-corrected chi connectivity index (χ3v) is 5.61. The van der Waals surface area contributed by atoms with Gasteiger partial charge in [-0.15, -0.1) is 0 Å². The number of carbonyl (C=O) groups excluding carboxylic acids is 3. The van der Waals surface area contributed by atoms with E-state index in [2.05, 4.69) is 5.32 Å². The number of halogens is 2. The Labute approximate surface area is 156 Å². The lowest BCUT2D eigenvalue weighted by Crippen LogP contribution is -2.49. The molecule has 146 valence electrons. The molecule has 2 aliphatic rings. The van der Waals surface area contributed by atoms with Gasteiger partial charge in [0.25, 0.3) is 5.91 Å². The molecule has 1 saturated carbocycles. The standard InChI is InChI=1S/C19H23F2N3O3/c1-12(13-6-7-14(20)15(21)10-13)22-16(25)11-24-17(26)19(23(2)18(24)27)8-4-3-5-9-19/h6-7,10,12H,3-5,8-9,11H2,1-2H3,(H,22,25). The highest BCUT2D eigenvalue weighted by molar-refractivity contribution is 6.08. The lowest BCUT2D eigenvalue weighted by molar-refractivity contribution is -0.137. The maximum absolute atomic E-state index is 13.4. The summed E-state index contributed by atoms with van der Waals surface area (Å²) in [5, 5.41) is 2.62. The van der Waals surface area contributed by atoms with Crippen LogP contribution in [0.3, 0.4) is 0 Å². The van der Waals surface area contributed by atoms with Crippen molar-refractivity contribution in [3.8, 4) is 0 Å². The predicted octanol–water partition coefficient (Wildman–Crippen LogP) is 2.74. The van der Waals surface area contributed by atoms with E-state index in [0.29, 0.717) is 18.4 Å². The molecule has 27 heavy (non-hydrogen) atoms. The zero-order valence-electron chi connectivity index (χ0n) is 15.4. The lowest BCUT2D eigenvalue weighted by atomic mass is 9.81. The first kappa shape index (κ1) is 19.3. The van der Waals surface area contributed by atoms with Gasteiger partial charge in [0.15, 0.2) is 11.6 Å². The molecule has 8 heteroatoms. The molecule has 4 amide bonds. The molecule has 1 aliphatic carbocycles. The minimum absolute atomic E-state index is 0.328. The van der Waals surface area contributed by atoms with E-state index in [0.717, 1.165) is 36.3 Å². The molecule has 1 heterocycles. The van der Waals surface area contributed by atoms with Crippen molar-refractivity contribution in [1.82, 2.24) is 15.1 Å². The van der Waals surface area contributed by atoms with Crippen LogP contribution in [0.25, 0.3) is 0 Å². The van der Waals surface area contributed by atoms with E-state index in [-0.39, 0.29) is 5.91 Å². The molecule has 1 saturated heterocycles. The van der Waals surface area contributed by atoms with Crippen LogP contribution in [0.2, 0.25) is 0 Å². The number of likely N-dealkylation sites (N-methyl/N-ethyl adjacent to an activating group) is 1. The van der Waals surface area contributed by atoms with Gasteiger partial charge >= 0.3 is 6.03 Å². The Morgan fingerprint density at radius 3 is 2.48 bits per heavy atom. The van der Waals surface area contributed by atoms with E-state index < -0.39 is 41.7 Å². The summed E-state index contributed by atoms with van der Waals surface area (Å²) in [5.41, 5.74) is -0.441. The Morgan fingerprint density at radius 1 is 1.19 bits per heavy atom. The number of nitrogens with zero attached hydrogens (tertiary/aromatic N) is 2. The van der Waals surface area contributed by atoms with Crippen molar-refractivity contribution in [3.05, 3.63) is 35.4 Å². The monoisotopic (exact) mass is 379 g/mol. The van der Waals surface area contributed by atoms with Gasteiger partial charge in [0, 0.05) is 7.05 Å². The van der Waals surface area contributed by atoms with Gasteiger partial charge < -0.3 is 10.2 Å². The Hall–Kier alpha value is -2.51. The van der Waals surface area contributed by atoms with Crippen LogP contribution in [0.4, 0.5) is 13.6 Å². The molecule has 6 nitrogen and oxygen atoms in total. The average Bonchev–Trinajstić information content (AvgIpc) is 2.81. The number of carbonyl (C=O) groups is 3. The summed E-state index contributed by atoms with van der Waals surface area (Å²) in [6.07, 6.45) is 3.99. The van der Waals surface area contributed by atoms with Crippen LogP contribution < -0.4 is 5.32 Å². The Kier molecular flexibility index (Phi) is 5.17. The van der Waals surface area contributed by atoms with Gasteiger partial charge in [-0.05, 0) is 37.5 Å². The SMILES string of the molecule is CC(NC(=O)CN1C(=O)N(C)C2(CCCCC2)C1=O)c1ccc(F)c(F)c1. The fraction of sp³-hybridized carbons (Fsp3) is 0.526. The molecule has 3 rings (SSSR count). The summed E-state index contributed by atoms with van der Waals surface area (Å²) in [6, 6.07) is 2.31. The normalized spacial score (nSPS) is 20.3. The number of hydrogen-bond acceptors (Lipinski definition) is 3. The molecule has 1 atom stereocenters. The highest BCUT2D eigenvalue weighted by Crippen LogP contribution is 2.39. The summed E-state index contributed by atoms with van der Waals surface area (Å²) in [7, 11) is 1.60. The predicted molar refractivity (Wildman–Crippen MR) is 93.6 cm³/mol. The maximum atomic E-state index is 13.4. The highest BCUT2D eigenvalue weighted by Gasteiger charge is 2.55. The van der Waals surface area contributed by atoms with Crippen LogP contribution in [0.15, 0.2) is 18.2 Å². The number of imide groups is 1. The van der Waals surface area contributed by atoms with Crippen molar-refractivity contribution in [2.75, 3.05) is 13.6 Å². The molecule has 1 unspecified atom stereocenters. The van der Waals surface area contributed by atoms with Crippen molar-refractivity contribution in [3.63, 3.8) is 0 Å². The van der Waals surface area contributed by atoms with Gasteiger partial charge in [-0.1, -0.05) is 25.3 Å². The second kappa shape index (κ2) is 7.25. The van der Waals surface area contributed by atoms with E-state index in [1.807, 2.05) is 0 Å². The summed E-state index contributed by atoms with van der Waals surface area (Å²) < 4.78 is 26.4. The van der Waals surface area contributed by atoms with Crippen LogP contribution in [0, 0.1) is 11.6 Å². The van der Waals surface area contributed by atoms with E-state index in [1.165, 1.54) is 11.0 Å². The molecule has 0 aromatic heterocycles. The minimum Gasteiger partial charge on any atom is -0.348 e. The van der Waals surface area contributed by atoms with Crippen LogP contribution in [-0.4, -0.2) is 46.8 Å². The zero-order chi connectivity index (χ0) is 19.8. The second-order valence-corrected chi connectivity index (χ2v) is 7.29. The molecule has 1 aromatic rings. The van der Waals surface area contributed by atoms with Crippen molar-refractivity contribution in [2.45, 2.75) is 50.6 Å². The van der Waals surface area contributed by atoms with Crippen LogP contribution in [0.5, 0.6) is 0 Å². The number of nitrogens with one attached hydrogen (secondary N) is 1. The summed E-state index contributed by atoms with van der Waals surface area (Å²) in [4.78, 5) is 40.2. The number of hydrogen-bond donors (Lipinski definition) is 1. The van der Waals surface area contributed by atoms with Gasteiger partial charge in [-0.2, -0.15) is 0 Å². The fourth-order valence-corrected chi connectivity index (χ4v) is 3.97. The van der Waals surface area contributed by atoms with Gasteiger partial charge in [-0.25, -0.2) is 13.6 Å². The highest BCUT2D eigenvalue weighted by atomic mass is 19.2. The van der Waals surface area contributed by atoms with E-state index in [9.17, 15) is 23.2 Å². The fourth-order valence-electron chi connectivity index (χ4n) is 3.97. The average molecular weight is 379 g/mol. The first-order chi connectivity index (χ1) is 12.8. The molecule has 0 radical (unpaired) electrons. The number of benzene rings is 1. The summed E-state index contributed by atoms with van der Waals surface area (Å²) in [6.45, 7) is 1.23. The van der Waals surface area contributed by atoms with Crippen molar-refractivity contribution >= 4 is 17.8 Å². The number of rotatable bonds is 4. The van der Waals surface area contributed by atoms with E-state index in [4.69, 9.17) is 0 Å².